The van der Waals surface area contributed by atoms with Crippen LogP contribution in [0.2, 0.25) is 0 Å². The number of aliphatic imine (C=N–C) groups is 2. The van der Waals surface area contributed by atoms with E-state index in [1.165, 1.54) is 12.0 Å². The minimum atomic E-state index is -0.449. The molecule has 1 aromatic rings. The van der Waals surface area contributed by atoms with Crippen LogP contribution < -0.4 is 21.7 Å². The minimum Gasteiger partial charge on any atom is -0.444 e. The predicted octanol–water partition coefficient (Wildman–Crippen LogP) is 3.53. The van der Waals surface area contributed by atoms with Gasteiger partial charge in [0.05, 0.1) is 0 Å². The molecule has 1 spiro atoms. The second kappa shape index (κ2) is 10.4. The van der Waals surface area contributed by atoms with Crippen LogP contribution in [0.3, 0.4) is 0 Å². The maximum Gasteiger partial charge on any atom is 0.410 e. The third-order valence-corrected chi connectivity index (χ3v) is 7.07. The van der Waals surface area contributed by atoms with E-state index >= 15 is 0 Å². The number of nitrogens with two attached hydrogens (primary N) is 2. The molecular weight excluding hydrogens is 442 g/mol. The normalized spacial score (nSPS) is 21.0. The van der Waals surface area contributed by atoms with Crippen LogP contribution >= 0.6 is 0 Å². The molecule has 0 aromatic heterocycles. The molecule has 1 aromatic carbocycles. The quantitative estimate of drug-likeness (QED) is 0.589. The number of ether oxygens (including phenoxy) is 1. The van der Waals surface area contributed by atoms with E-state index in [4.69, 9.17) is 21.2 Å². The number of hydrogen-bond donors (Lipinski definition) is 3. The Morgan fingerprint density at radius 3 is 2.40 bits per heavy atom. The monoisotopic (exact) mass is 483 g/mol. The van der Waals surface area contributed by atoms with Gasteiger partial charge >= 0.3 is 6.09 Å². The Bertz CT molecular complexity index is 937. The minimum absolute atomic E-state index is 0.202. The SMILES string of the molecule is CC(C)(C)OC(=O)N1CCC(CNCc2ccc(N3C(N)=NC(N)=NC34CCCCC4)cc2)CC1. The lowest BCUT2D eigenvalue weighted by Gasteiger charge is -2.45. The first-order valence-electron chi connectivity index (χ1n) is 12.9. The fraction of sp³-hybridized carbons (Fsp3) is 0.654. The third-order valence-electron chi connectivity index (χ3n) is 7.07. The zero-order valence-electron chi connectivity index (χ0n) is 21.4. The lowest BCUT2D eigenvalue weighted by Crippen LogP contribution is -2.58. The number of rotatable bonds is 5. The Hall–Kier alpha value is -2.81. The Labute approximate surface area is 209 Å². The fourth-order valence-corrected chi connectivity index (χ4v) is 5.32. The van der Waals surface area contributed by atoms with Crippen molar-refractivity contribution in [2.75, 3.05) is 24.5 Å². The molecule has 2 heterocycles. The highest BCUT2D eigenvalue weighted by Crippen LogP contribution is 2.39. The molecule has 0 atom stereocenters. The molecule has 5 N–H and O–H groups in total. The van der Waals surface area contributed by atoms with E-state index in [-0.39, 0.29) is 12.1 Å². The van der Waals surface area contributed by atoms with Gasteiger partial charge in [-0.25, -0.2) is 9.79 Å². The molecule has 1 saturated carbocycles. The van der Waals surface area contributed by atoms with Crippen LogP contribution in [-0.2, 0) is 11.3 Å². The summed E-state index contributed by atoms with van der Waals surface area (Å²) in [5, 5.41) is 3.59. The van der Waals surface area contributed by atoms with Crippen LogP contribution in [0.15, 0.2) is 34.3 Å². The maximum atomic E-state index is 12.3. The summed E-state index contributed by atoms with van der Waals surface area (Å²) < 4.78 is 5.49. The van der Waals surface area contributed by atoms with Gasteiger partial charge < -0.3 is 26.4 Å². The van der Waals surface area contributed by atoms with Crippen molar-refractivity contribution >= 4 is 23.7 Å². The summed E-state index contributed by atoms with van der Waals surface area (Å²) in [6.45, 7) is 8.95. The first-order chi connectivity index (χ1) is 16.7. The third kappa shape index (κ3) is 6.25. The van der Waals surface area contributed by atoms with Crippen molar-refractivity contribution in [3.63, 3.8) is 0 Å². The van der Waals surface area contributed by atoms with E-state index in [0.717, 1.165) is 70.4 Å². The number of anilines is 1. The molecule has 9 nitrogen and oxygen atoms in total. The number of nitrogens with zero attached hydrogens (tertiary/aromatic N) is 4. The highest BCUT2D eigenvalue weighted by Gasteiger charge is 2.42. The van der Waals surface area contributed by atoms with Crippen molar-refractivity contribution in [1.82, 2.24) is 10.2 Å². The summed E-state index contributed by atoms with van der Waals surface area (Å²) in [6.07, 6.45) is 7.08. The maximum absolute atomic E-state index is 12.3. The van der Waals surface area contributed by atoms with Crippen molar-refractivity contribution in [1.29, 1.82) is 0 Å². The second-order valence-corrected chi connectivity index (χ2v) is 11.0. The first-order valence-corrected chi connectivity index (χ1v) is 12.9. The van der Waals surface area contributed by atoms with Gasteiger partial charge in [-0.3, -0.25) is 4.90 Å². The number of piperidine rings is 1. The lowest BCUT2D eigenvalue weighted by molar-refractivity contribution is 0.0184. The molecule has 1 amide bonds. The molecule has 0 radical (unpaired) electrons. The van der Waals surface area contributed by atoms with Crippen molar-refractivity contribution in [2.24, 2.45) is 27.4 Å². The number of carbonyl (C=O) groups excluding carboxylic acids is 1. The second-order valence-electron chi connectivity index (χ2n) is 11.0. The Morgan fingerprint density at radius 2 is 1.77 bits per heavy atom. The summed E-state index contributed by atoms with van der Waals surface area (Å²) in [4.78, 5) is 25.1. The van der Waals surface area contributed by atoms with E-state index in [2.05, 4.69) is 39.5 Å². The van der Waals surface area contributed by atoms with Crippen LogP contribution in [0.4, 0.5) is 10.5 Å². The average molecular weight is 484 g/mol. The lowest BCUT2D eigenvalue weighted by atomic mass is 9.87. The van der Waals surface area contributed by atoms with Gasteiger partial charge in [-0.05, 0) is 89.5 Å². The topological polar surface area (TPSA) is 122 Å². The van der Waals surface area contributed by atoms with Gasteiger partial charge in [-0.2, -0.15) is 4.99 Å². The number of guanidine groups is 2. The molecule has 2 fully saturated rings. The molecule has 1 saturated heterocycles. The standard InChI is InChI=1S/C26H41N7O2/c1-25(2,3)35-24(34)32-15-11-20(12-16-32)18-29-17-19-7-9-21(10-8-19)33-23(28)30-22(27)31-26(33)13-5-4-6-14-26/h7-10,20,29H,4-6,11-18H2,1-3H3,(H4,27,28,30,31). The van der Waals surface area contributed by atoms with Gasteiger partial charge in [0.2, 0.25) is 11.9 Å². The molecule has 9 heteroatoms. The van der Waals surface area contributed by atoms with Gasteiger partial charge in [0.25, 0.3) is 0 Å². The first kappa shape index (κ1) is 25.3. The van der Waals surface area contributed by atoms with Crippen LogP contribution in [0.5, 0.6) is 0 Å². The van der Waals surface area contributed by atoms with Crippen molar-refractivity contribution < 1.29 is 9.53 Å². The molecule has 35 heavy (non-hydrogen) atoms. The summed E-state index contributed by atoms with van der Waals surface area (Å²) in [7, 11) is 0. The number of likely N-dealkylation sites (tertiary alicyclic amines) is 1. The molecule has 1 aliphatic carbocycles. The largest absolute Gasteiger partial charge is 0.444 e. The van der Waals surface area contributed by atoms with E-state index in [1.54, 1.807) is 0 Å². The van der Waals surface area contributed by atoms with Gasteiger partial charge in [0.1, 0.15) is 11.3 Å². The van der Waals surface area contributed by atoms with Gasteiger partial charge in [0, 0.05) is 25.3 Å². The summed E-state index contributed by atoms with van der Waals surface area (Å²) in [5.74, 6) is 1.26. The van der Waals surface area contributed by atoms with Crippen LogP contribution in [0.25, 0.3) is 0 Å². The summed E-state index contributed by atoms with van der Waals surface area (Å²) in [5.41, 5.74) is 13.7. The van der Waals surface area contributed by atoms with Crippen LogP contribution in [0, 0.1) is 5.92 Å². The zero-order valence-corrected chi connectivity index (χ0v) is 21.4. The number of amides is 1. The number of nitrogens with one attached hydrogen (secondary N) is 1. The van der Waals surface area contributed by atoms with E-state index in [1.807, 2.05) is 25.7 Å². The molecular formula is C26H41N7O2. The van der Waals surface area contributed by atoms with E-state index in [0.29, 0.717) is 11.9 Å². The average Bonchev–Trinajstić information content (AvgIpc) is 2.79. The van der Waals surface area contributed by atoms with Crippen LogP contribution in [-0.4, -0.2) is 53.8 Å². The van der Waals surface area contributed by atoms with Gasteiger partial charge in [-0.15, -0.1) is 0 Å². The molecule has 0 unspecified atom stereocenters. The van der Waals surface area contributed by atoms with Gasteiger partial charge in [0.15, 0.2) is 0 Å². The molecule has 4 rings (SSSR count). The van der Waals surface area contributed by atoms with Crippen molar-refractivity contribution in [3.05, 3.63) is 29.8 Å². The molecule has 192 valence electrons. The Kier molecular flexibility index (Phi) is 7.54. The number of hydrogen-bond acceptors (Lipinski definition) is 8. The summed E-state index contributed by atoms with van der Waals surface area (Å²) in [6, 6.07) is 8.48. The Balaban J connectivity index is 1.27. The summed E-state index contributed by atoms with van der Waals surface area (Å²) >= 11 is 0. The zero-order chi connectivity index (χ0) is 25.1. The van der Waals surface area contributed by atoms with E-state index < -0.39 is 11.3 Å². The van der Waals surface area contributed by atoms with Crippen LogP contribution in [0.1, 0.15) is 71.3 Å². The predicted molar refractivity (Wildman–Crippen MR) is 140 cm³/mol. The highest BCUT2D eigenvalue weighted by molar-refractivity contribution is 6.05. The molecule has 0 bridgehead atoms. The molecule has 2 aliphatic heterocycles. The van der Waals surface area contributed by atoms with Gasteiger partial charge in [-0.1, -0.05) is 18.6 Å². The van der Waals surface area contributed by atoms with Crippen molar-refractivity contribution in [2.45, 2.75) is 83.5 Å². The van der Waals surface area contributed by atoms with Crippen molar-refractivity contribution in [3.8, 4) is 0 Å². The fourth-order valence-electron chi connectivity index (χ4n) is 5.32. The number of benzene rings is 1. The Morgan fingerprint density at radius 1 is 1.11 bits per heavy atom. The molecule has 3 aliphatic rings. The van der Waals surface area contributed by atoms with E-state index in [9.17, 15) is 4.79 Å². The number of carbonyl (C=O) groups is 1. The smallest absolute Gasteiger partial charge is 0.410 e. The highest BCUT2D eigenvalue weighted by atomic mass is 16.6.